The maximum absolute atomic E-state index is 11.4. The number of hydrogen-bond donors (Lipinski definition) is 1. The molecule has 0 unspecified atom stereocenters. The van der Waals surface area contributed by atoms with E-state index in [-0.39, 0.29) is 6.54 Å². The predicted molar refractivity (Wildman–Crippen MR) is 127 cm³/mol. The molecule has 6 nitrogen and oxygen atoms in total. The third kappa shape index (κ3) is 4.86. The fourth-order valence-corrected chi connectivity index (χ4v) is 3.97. The summed E-state index contributed by atoms with van der Waals surface area (Å²) >= 11 is 0. The number of carboxylic acid groups (broad SMARTS) is 1. The van der Waals surface area contributed by atoms with Gasteiger partial charge in [0.1, 0.15) is 18.0 Å². The van der Waals surface area contributed by atoms with Gasteiger partial charge in [-0.2, -0.15) is 0 Å². The topological polar surface area (TPSA) is 63.9 Å². The molecule has 1 heterocycles. The van der Waals surface area contributed by atoms with Crippen LogP contribution in [0.3, 0.4) is 0 Å². The number of aromatic nitrogens is 1. The van der Waals surface area contributed by atoms with Gasteiger partial charge >= 0.3 is 5.97 Å². The molecule has 0 saturated heterocycles. The van der Waals surface area contributed by atoms with E-state index in [1.54, 1.807) is 0 Å². The number of ether oxygens (including phenoxy) is 2. The molecule has 4 rings (SSSR count). The molecular formula is C26H28N2O4. The van der Waals surface area contributed by atoms with Gasteiger partial charge < -0.3 is 24.0 Å². The number of para-hydroxylation sites is 2. The third-order valence-corrected chi connectivity index (χ3v) is 5.31. The van der Waals surface area contributed by atoms with E-state index in [0.29, 0.717) is 13.2 Å². The molecule has 0 saturated carbocycles. The lowest BCUT2D eigenvalue weighted by Crippen LogP contribution is -2.12. The summed E-state index contributed by atoms with van der Waals surface area (Å²) in [5, 5.41) is 11.4. The first kappa shape index (κ1) is 21.7. The summed E-state index contributed by atoms with van der Waals surface area (Å²) in [4.78, 5) is 13.5. The van der Waals surface area contributed by atoms with Crippen LogP contribution in [-0.4, -0.2) is 47.9 Å². The minimum Gasteiger partial charge on any atom is -0.493 e. The molecule has 3 aromatic carbocycles. The van der Waals surface area contributed by atoms with Crippen LogP contribution in [0.15, 0.2) is 66.7 Å². The highest BCUT2D eigenvalue weighted by molar-refractivity contribution is 6.08. The Morgan fingerprint density at radius 3 is 2.44 bits per heavy atom. The van der Waals surface area contributed by atoms with E-state index in [9.17, 15) is 9.90 Å². The van der Waals surface area contributed by atoms with Crippen molar-refractivity contribution in [2.45, 2.75) is 19.5 Å². The Bertz CT molecular complexity index is 1230. The predicted octanol–water partition coefficient (Wildman–Crippen LogP) is 4.79. The average Bonchev–Trinajstić information content (AvgIpc) is 3.07. The van der Waals surface area contributed by atoms with E-state index in [2.05, 4.69) is 11.0 Å². The molecule has 0 atom stereocenters. The van der Waals surface area contributed by atoms with Crippen molar-refractivity contribution in [1.82, 2.24) is 9.47 Å². The summed E-state index contributed by atoms with van der Waals surface area (Å²) in [5.41, 5.74) is 2.93. The molecule has 0 aliphatic heterocycles. The second-order valence-electron chi connectivity index (χ2n) is 8.07. The summed E-state index contributed by atoms with van der Waals surface area (Å²) < 4.78 is 13.8. The summed E-state index contributed by atoms with van der Waals surface area (Å²) in [7, 11) is 4.08. The normalized spacial score (nSPS) is 11.3. The van der Waals surface area contributed by atoms with Gasteiger partial charge in [0.15, 0.2) is 0 Å². The Balaban J connectivity index is 1.41. The van der Waals surface area contributed by atoms with Crippen molar-refractivity contribution in [1.29, 1.82) is 0 Å². The number of carboxylic acids is 1. The second kappa shape index (κ2) is 9.75. The maximum atomic E-state index is 11.4. The number of fused-ring (bicyclic) bond motifs is 3. The molecular weight excluding hydrogens is 404 g/mol. The van der Waals surface area contributed by atoms with Crippen LogP contribution < -0.4 is 9.47 Å². The van der Waals surface area contributed by atoms with Crippen LogP contribution >= 0.6 is 0 Å². The third-order valence-electron chi connectivity index (χ3n) is 5.31. The van der Waals surface area contributed by atoms with Crippen molar-refractivity contribution in [2.24, 2.45) is 0 Å². The molecule has 0 amide bonds. The zero-order chi connectivity index (χ0) is 22.5. The number of aliphatic carboxylic acids is 1. The van der Waals surface area contributed by atoms with Gasteiger partial charge in [-0.3, -0.25) is 4.79 Å². The summed E-state index contributed by atoms with van der Waals surface area (Å²) in [6.45, 7) is 1.82. The Kier molecular flexibility index (Phi) is 6.61. The minimum atomic E-state index is -0.870. The van der Waals surface area contributed by atoms with Crippen molar-refractivity contribution >= 4 is 27.8 Å². The smallest absolute Gasteiger partial charge is 0.323 e. The molecule has 0 aliphatic carbocycles. The highest BCUT2D eigenvalue weighted by Crippen LogP contribution is 2.31. The molecule has 0 aliphatic rings. The summed E-state index contributed by atoms with van der Waals surface area (Å²) in [6, 6.07) is 21.8. The largest absolute Gasteiger partial charge is 0.493 e. The van der Waals surface area contributed by atoms with E-state index in [4.69, 9.17) is 9.47 Å². The van der Waals surface area contributed by atoms with E-state index >= 15 is 0 Å². The fourth-order valence-electron chi connectivity index (χ4n) is 3.97. The molecule has 32 heavy (non-hydrogen) atoms. The first-order chi connectivity index (χ1) is 15.5. The monoisotopic (exact) mass is 432 g/mol. The summed E-state index contributed by atoms with van der Waals surface area (Å²) in [6.07, 6.45) is 0.743. The Labute approximate surface area is 187 Å². The van der Waals surface area contributed by atoms with Crippen LogP contribution in [-0.2, 0) is 17.9 Å². The fraction of sp³-hybridized carbons (Fsp3) is 0.269. The van der Waals surface area contributed by atoms with E-state index in [1.165, 1.54) is 0 Å². The molecule has 1 aromatic heterocycles. The molecule has 4 aromatic rings. The van der Waals surface area contributed by atoms with Gasteiger partial charge in [0.05, 0.1) is 18.7 Å². The molecule has 0 radical (unpaired) electrons. The first-order valence-corrected chi connectivity index (χ1v) is 10.7. The van der Waals surface area contributed by atoms with Gasteiger partial charge in [0.25, 0.3) is 0 Å². The molecule has 0 fully saturated rings. The lowest BCUT2D eigenvalue weighted by atomic mass is 10.1. The minimum absolute atomic E-state index is 0.0896. The van der Waals surface area contributed by atoms with Crippen LogP contribution in [0.4, 0.5) is 0 Å². The molecule has 0 spiro atoms. The van der Waals surface area contributed by atoms with Crippen LogP contribution in [0.2, 0.25) is 0 Å². The number of rotatable bonds is 10. The van der Waals surface area contributed by atoms with E-state index in [0.717, 1.165) is 51.8 Å². The SMILES string of the molecule is CN(C)Cc1ccccc1OCCCOc1ccc2c3ccccc3n(CC(=O)O)c2c1. The Hall–Kier alpha value is -3.51. The standard InChI is InChI=1S/C26H28N2O4/c1-27(2)17-19-8-3-6-11-25(19)32-15-7-14-31-20-12-13-22-21-9-4-5-10-23(21)28(18-26(29)30)24(22)16-20/h3-6,8-13,16H,7,14-15,17-18H2,1-2H3,(H,29,30). The first-order valence-electron chi connectivity index (χ1n) is 10.7. The average molecular weight is 433 g/mol. The Morgan fingerprint density at radius 1 is 0.906 bits per heavy atom. The number of benzene rings is 3. The second-order valence-corrected chi connectivity index (χ2v) is 8.07. The molecule has 0 bridgehead atoms. The molecule has 6 heteroatoms. The van der Waals surface area contributed by atoms with Gasteiger partial charge in [0, 0.05) is 40.9 Å². The van der Waals surface area contributed by atoms with Gasteiger partial charge in [-0.15, -0.1) is 0 Å². The van der Waals surface area contributed by atoms with Crippen molar-refractivity contribution in [3.05, 3.63) is 72.3 Å². The number of nitrogens with zero attached hydrogens (tertiary/aromatic N) is 2. The van der Waals surface area contributed by atoms with Crippen LogP contribution in [0.25, 0.3) is 21.8 Å². The van der Waals surface area contributed by atoms with E-state index < -0.39 is 5.97 Å². The highest BCUT2D eigenvalue weighted by atomic mass is 16.5. The maximum Gasteiger partial charge on any atom is 0.323 e. The quantitative estimate of drug-likeness (QED) is 0.365. The van der Waals surface area contributed by atoms with Gasteiger partial charge in [-0.1, -0.05) is 36.4 Å². The lowest BCUT2D eigenvalue weighted by Gasteiger charge is -2.15. The van der Waals surface area contributed by atoms with Crippen molar-refractivity contribution in [3.8, 4) is 11.5 Å². The van der Waals surface area contributed by atoms with E-state index in [1.807, 2.05) is 79.3 Å². The van der Waals surface area contributed by atoms with Crippen LogP contribution in [0, 0.1) is 0 Å². The zero-order valence-corrected chi connectivity index (χ0v) is 18.5. The van der Waals surface area contributed by atoms with Crippen LogP contribution in [0.1, 0.15) is 12.0 Å². The molecule has 166 valence electrons. The number of carbonyl (C=O) groups is 1. The van der Waals surface area contributed by atoms with Crippen LogP contribution in [0.5, 0.6) is 11.5 Å². The highest BCUT2D eigenvalue weighted by Gasteiger charge is 2.13. The van der Waals surface area contributed by atoms with Crippen molar-refractivity contribution in [2.75, 3.05) is 27.3 Å². The van der Waals surface area contributed by atoms with Gasteiger partial charge in [-0.05, 0) is 38.4 Å². The van der Waals surface area contributed by atoms with Crippen molar-refractivity contribution in [3.63, 3.8) is 0 Å². The van der Waals surface area contributed by atoms with Crippen molar-refractivity contribution < 1.29 is 19.4 Å². The zero-order valence-electron chi connectivity index (χ0n) is 18.5. The Morgan fingerprint density at radius 2 is 1.62 bits per heavy atom. The van der Waals surface area contributed by atoms with Gasteiger partial charge in [-0.25, -0.2) is 0 Å². The lowest BCUT2D eigenvalue weighted by molar-refractivity contribution is -0.137. The molecule has 1 N–H and O–H groups in total. The number of hydrogen-bond acceptors (Lipinski definition) is 4. The summed E-state index contributed by atoms with van der Waals surface area (Å²) in [5.74, 6) is 0.756. The van der Waals surface area contributed by atoms with Gasteiger partial charge in [0.2, 0.25) is 0 Å².